The number of benzene rings is 3. The lowest BCUT2D eigenvalue weighted by atomic mass is 9.96. The molecule has 0 atom stereocenters. The topological polar surface area (TPSA) is 102 Å². The number of fused-ring (bicyclic) bond motifs is 1. The molecule has 1 fully saturated rings. The van der Waals surface area contributed by atoms with E-state index in [0.717, 1.165) is 22.1 Å². The fraction of sp³-hybridized carbons (Fsp3) is 0.333. The maximum atomic E-state index is 12.6. The zero-order valence-electron chi connectivity index (χ0n) is 20.4. The first-order valence-corrected chi connectivity index (χ1v) is 11.8. The minimum Gasteiger partial charge on any atom is -0.497 e. The van der Waals surface area contributed by atoms with Crippen molar-refractivity contribution in [2.24, 2.45) is 5.92 Å². The van der Waals surface area contributed by atoms with Gasteiger partial charge < -0.3 is 19.3 Å². The Kier molecular flexibility index (Phi) is 7.68. The lowest BCUT2D eigenvalue weighted by Crippen LogP contribution is -2.38. The second kappa shape index (κ2) is 11.1. The van der Waals surface area contributed by atoms with Crippen molar-refractivity contribution in [2.45, 2.75) is 19.4 Å². The van der Waals surface area contributed by atoms with E-state index in [4.69, 9.17) is 9.47 Å². The van der Waals surface area contributed by atoms with Crippen molar-refractivity contribution in [3.8, 4) is 5.75 Å². The Morgan fingerprint density at radius 3 is 2.47 bits per heavy atom. The minimum absolute atomic E-state index is 0.0540. The molecule has 36 heavy (non-hydrogen) atoms. The van der Waals surface area contributed by atoms with E-state index >= 15 is 0 Å². The number of likely N-dealkylation sites (N-methyl/N-ethyl adjacent to an activating group) is 1. The van der Waals surface area contributed by atoms with Crippen LogP contribution in [0.25, 0.3) is 10.8 Å². The number of nitro benzene ring substituents is 1. The predicted molar refractivity (Wildman–Crippen MR) is 136 cm³/mol. The predicted octanol–water partition coefficient (Wildman–Crippen LogP) is 4.17. The molecule has 1 aliphatic heterocycles. The van der Waals surface area contributed by atoms with Gasteiger partial charge in [0.2, 0.25) is 0 Å². The number of rotatable bonds is 8. The zero-order chi connectivity index (χ0) is 25.7. The molecule has 3 aromatic carbocycles. The van der Waals surface area contributed by atoms with Gasteiger partial charge in [0.25, 0.3) is 11.6 Å². The third-order valence-electron chi connectivity index (χ3n) is 6.54. The van der Waals surface area contributed by atoms with E-state index in [9.17, 15) is 19.7 Å². The summed E-state index contributed by atoms with van der Waals surface area (Å²) in [6.07, 6.45) is 1.02. The van der Waals surface area contributed by atoms with Crippen LogP contribution in [0.1, 0.15) is 18.4 Å². The maximum absolute atomic E-state index is 12.6. The average molecular weight is 492 g/mol. The summed E-state index contributed by atoms with van der Waals surface area (Å²) in [5, 5.41) is 13.4. The lowest BCUT2D eigenvalue weighted by Gasteiger charge is -2.32. The molecule has 0 aliphatic carbocycles. The van der Waals surface area contributed by atoms with Gasteiger partial charge in [-0.1, -0.05) is 30.3 Å². The summed E-state index contributed by atoms with van der Waals surface area (Å²) in [5.74, 6) is -0.231. The Balaban J connectivity index is 1.26. The molecule has 0 radical (unpaired) electrons. The number of hydrogen-bond donors (Lipinski definition) is 0. The summed E-state index contributed by atoms with van der Waals surface area (Å²) >= 11 is 0. The van der Waals surface area contributed by atoms with Gasteiger partial charge in [0.15, 0.2) is 6.61 Å². The number of ether oxygens (including phenoxy) is 2. The number of anilines is 1. The van der Waals surface area contributed by atoms with Crippen LogP contribution in [-0.2, 0) is 20.9 Å². The number of nitrogens with zero attached hydrogens (tertiary/aromatic N) is 3. The van der Waals surface area contributed by atoms with Crippen molar-refractivity contribution in [3.63, 3.8) is 0 Å². The Bertz CT molecular complexity index is 1270. The fourth-order valence-electron chi connectivity index (χ4n) is 4.46. The highest BCUT2D eigenvalue weighted by Crippen LogP contribution is 2.31. The summed E-state index contributed by atoms with van der Waals surface area (Å²) in [7, 11) is 3.31. The lowest BCUT2D eigenvalue weighted by molar-refractivity contribution is -0.384. The average Bonchev–Trinajstić information content (AvgIpc) is 2.91. The Hall–Kier alpha value is -4.14. The van der Waals surface area contributed by atoms with E-state index in [1.165, 1.54) is 11.0 Å². The van der Waals surface area contributed by atoms with E-state index in [2.05, 4.69) is 0 Å². The molecule has 1 heterocycles. The van der Waals surface area contributed by atoms with E-state index in [1.54, 1.807) is 32.4 Å². The summed E-state index contributed by atoms with van der Waals surface area (Å²) in [4.78, 5) is 39.5. The van der Waals surface area contributed by atoms with Crippen LogP contribution in [0, 0.1) is 16.0 Å². The summed E-state index contributed by atoms with van der Waals surface area (Å²) in [5.41, 5.74) is 1.58. The van der Waals surface area contributed by atoms with Gasteiger partial charge in [-0.15, -0.1) is 0 Å². The van der Waals surface area contributed by atoms with E-state index in [1.807, 2.05) is 41.3 Å². The molecule has 0 bridgehead atoms. The smallest absolute Gasteiger partial charge is 0.309 e. The highest BCUT2D eigenvalue weighted by Gasteiger charge is 2.29. The van der Waals surface area contributed by atoms with Gasteiger partial charge in [-0.2, -0.15) is 0 Å². The molecular weight excluding hydrogens is 462 g/mol. The molecular formula is C27H29N3O6. The van der Waals surface area contributed by atoms with Crippen LogP contribution in [0.15, 0.2) is 60.7 Å². The number of nitro groups is 1. The monoisotopic (exact) mass is 491 g/mol. The van der Waals surface area contributed by atoms with Gasteiger partial charge in [-0.25, -0.2) is 0 Å². The van der Waals surface area contributed by atoms with Crippen LogP contribution >= 0.6 is 0 Å². The molecule has 0 unspecified atom stereocenters. The molecule has 0 aromatic heterocycles. The molecule has 0 saturated carbocycles. The Labute approximate surface area is 209 Å². The van der Waals surface area contributed by atoms with Crippen LogP contribution in [0.2, 0.25) is 0 Å². The Morgan fingerprint density at radius 2 is 1.75 bits per heavy atom. The third kappa shape index (κ3) is 5.73. The largest absolute Gasteiger partial charge is 0.497 e. The van der Waals surface area contributed by atoms with E-state index < -0.39 is 10.9 Å². The number of carbonyl (C=O) groups is 2. The first kappa shape index (κ1) is 25.0. The van der Waals surface area contributed by atoms with Crippen molar-refractivity contribution >= 4 is 34.0 Å². The molecule has 1 aliphatic rings. The van der Waals surface area contributed by atoms with Crippen molar-refractivity contribution in [1.82, 2.24) is 4.90 Å². The molecule has 0 spiro atoms. The fourth-order valence-corrected chi connectivity index (χ4v) is 4.46. The quantitative estimate of drug-likeness (QED) is 0.265. The maximum Gasteiger partial charge on any atom is 0.309 e. The molecule has 4 rings (SSSR count). The van der Waals surface area contributed by atoms with Gasteiger partial charge in [-0.05, 0) is 53.4 Å². The zero-order valence-corrected chi connectivity index (χ0v) is 20.4. The first-order valence-electron chi connectivity index (χ1n) is 11.8. The number of hydrogen-bond acceptors (Lipinski definition) is 7. The van der Waals surface area contributed by atoms with Crippen molar-refractivity contribution < 1.29 is 24.0 Å². The normalized spacial score (nSPS) is 13.9. The van der Waals surface area contributed by atoms with Gasteiger partial charge in [-0.3, -0.25) is 19.7 Å². The Morgan fingerprint density at radius 1 is 1.06 bits per heavy atom. The first-order chi connectivity index (χ1) is 17.4. The second-order valence-electron chi connectivity index (χ2n) is 8.91. The number of piperidine rings is 1. The molecule has 3 aromatic rings. The van der Waals surface area contributed by atoms with Crippen LogP contribution in [-0.4, -0.2) is 55.6 Å². The number of carbonyl (C=O) groups excluding carboxylic acids is 2. The highest BCUT2D eigenvalue weighted by molar-refractivity contribution is 5.85. The van der Waals surface area contributed by atoms with Crippen LogP contribution in [0.4, 0.5) is 11.4 Å². The third-order valence-corrected chi connectivity index (χ3v) is 6.54. The minimum atomic E-state index is -0.404. The van der Waals surface area contributed by atoms with Gasteiger partial charge in [0, 0.05) is 32.7 Å². The summed E-state index contributed by atoms with van der Waals surface area (Å²) in [6, 6.07) is 18.4. The standard InChI is InChI=1S/C27H29N3O6/c1-28(17-19-7-8-22-16-23(35-2)10-9-21(22)15-19)26(31)18-36-27(32)20-11-13-29(14-12-20)24-5-3-4-6-25(24)30(33)34/h3-10,15-16,20H,11-14,17-18H2,1-2H3. The van der Waals surface area contributed by atoms with E-state index in [-0.39, 0.29) is 24.1 Å². The molecule has 1 amide bonds. The van der Waals surface area contributed by atoms with Crippen LogP contribution in [0.3, 0.4) is 0 Å². The van der Waals surface area contributed by atoms with E-state index in [0.29, 0.717) is 38.2 Å². The van der Waals surface area contributed by atoms with Crippen LogP contribution in [0.5, 0.6) is 5.75 Å². The molecule has 1 saturated heterocycles. The highest BCUT2D eigenvalue weighted by atomic mass is 16.6. The van der Waals surface area contributed by atoms with Crippen molar-refractivity contribution in [2.75, 3.05) is 38.8 Å². The van der Waals surface area contributed by atoms with Crippen LogP contribution < -0.4 is 9.64 Å². The molecule has 188 valence electrons. The summed E-state index contributed by atoms with van der Waals surface area (Å²) < 4.78 is 10.6. The molecule has 9 heteroatoms. The van der Waals surface area contributed by atoms with Crippen molar-refractivity contribution in [3.05, 3.63) is 76.3 Å². The number of amides is 1. The number of para-hydroxylation sites is 2. The summed E-state index contributed by atoms with van der Waals surface area (Å²) in [6.45, 7) is 1.09. The SMILES string of the molecule is COc1ccc2cc(CN(C)C(=O)COC(=O)C3CCN(c4ccccc4[N+](=O)[O-])CC3)ccc2c1. The number of methoxy groups -OCH3 is 1. The van der Waals surface area contributed by atoms with Gasteiger partial charge in [0.05, 0.1) is 18.0 Å². The number of esters is 1. The van der Waals surface area contributed by atoms with Gasteiger partial charge >= 0.3 is 5.97 Å². The molecule has 0 N–H and O–H groups in total. The van der Waals surface area contributed by atoms with Crippen molar-refractivity contribution in [1.29, 1.82) is 0 Å². The van der Waals surface area contributed by atoms with Gasteiger partial charge in [0.1, 0.15) is 11.4 Å². The molecule has 9 nitrogen and oxygen atoms in total. The second-order valence-corrected chi connectivity index (χ2v) is 8.91.